The number of hydrogen-bond acceptors (Lipinski definition) is 12. The molecule has 41 heavy (non-hydrogen) atoms. The maximum absolute atomic E-state index is 11.8. The minimum Gasteiger partial charge on any atom is -0.489 e. The van der Waals surface area contributed by atoms with E-state index in [2.05, 4.69) is 34.8 Å². The summed E-state index contributed by atoms with van der Waals surface area (Å²) in [6.07, 6.45) is 9.39. The second-order valence-corrected chi connectivity index (χ2v) is 12.4. The third kappa shape index (κ3) is 8.27. The van der Waals surface area contributed by atoms with Crippen LogP contribution >= 0.6 is 0 Å². The second kappa shape index (κ2) is 13.0. The van der Waals surface area contributed by atoms with Crippen LogP contribution in [0.5, 0.6) is 11.6 Å². The molecule has 1 aliphatic heterocycles. The Morgan fingerprint density at radius 3 is 2.46 bits per heavy atom. The predicted molar refractivity (Wildman–Crippen MR) is 157 cm³/mol. The number of pyridine rings is 2. The van der Waals surface area contributed by atoms with Crippen LogP contribution in [-0.4, -0.2) is 105 Å². The molecule has 5 rings (SSSR count). The first-order chi connectivity index (χ1) is 19.7. The van der Waals surface area contributed by atoms with Gasteiger partial charge in [-0.2, -0.15) is 4.98 Å². The molecule has 2 aliphatic rings. The zero-order valence-electron chi connectivity index (χ0n) is 23.7. The lowest BCUT2D eigenvalue weighted by molar-refractivity contribution is 0.122. The molecular formula is C27H38N8O5S. The van der Waals surface area contributed by atoms with Crippen molar-refractivity contribution in [2.75, 3.05) is 74.7 Å². The van der Waals surface area contributed by atoms with Gasteiger partial charge in [0, 0.05) is 31.7 Å². The second-order valence-electron chi connectivity index (χ2n) is 10.7. The summed E-state index contributed by atoms with van der Waals surface area (Å²) < 4.78 is 43.8. The number of likely N-dealkylation sites (N-methyl/N-ethyl adjacent to an activating group) is 1. The number of hydrogen-bond donors (Lipinski definition) is 2. The first kappa shape index (κ1) is 29.0. The SMILES string of the molecule is CN(C)CCOc1cnc(N[C@H]2CC[C@@H](Oc3nc(N4CCOCC4)cc4ncc(NS(C)(=O)=O)cc34)CC2)nc1. The zero-order valence-corrected chi connectivity index (χ0v) is 24.6. The lowest BCUT2D eigenvalue weighted by Gasteiger charge is -2.31. The van der Waals surface area contributed by atoms with E-state index in [0.29, 0.717) is 54.0 Å². The lowest BCUT2D eigenvalue weighted by Crippen LogP contribution is -2.37. The molecule has 3 aromatic rings. The van der Waals surface area contributed by atoms with Crippen LogP contribution in [0.3, 0.4) is 0 Å². The summed E-state index contributed by atoms with van der Waals surface area (Å²) in [6.45, 7) is 4.13. The van der Waals surface area contributed by atoms with Crippen molar-refractivity contribution in [3.05, 3.63) is 30.7 Å². The van der Waals surface area contributed by atoms with E-state index in [4.69, 9.17) is 19.2 Å². The van der Waals surface area contributed by atoms with Crippen LogP contribution in [0, 0.1) is 0 Å². The van der Waals surface area contributed by atoms with Crippen LogP contribution in [0.25, 0.3) is 10.9 Å². The Labute approximate surface area is 240 Å². The van der Waals surface area contributed by atoms with Gasteiger partial charge in [0.2, 0.25) is 21.9 Å². The van der Waals surface area contributed by atoms with E-state index in [0.717, 1.165) is 57.4 Å². The predicted octanol–water partition coefficient (Wildman–Crippen LogP) is 2.37. The normalized spacial score (nSPS) is 19.8. The maximum Gasteiger partial charge on any atom is 0.229 e. The fourth-order valence-corrected chi connectivity index (χ4v) is 5.41. The maximum atomic E-state index is 11.8. The molecule has 0 radical (unpaired) electrons. The molecule has 2 fully saturated rings. The highest BCUT2D eigenvalue weighted by atomic mass is 32.2. The topological polar surface area (TPSA) is 144 Å². The number of morpholine rings is 1. The number of nitrogens with zero attached hydrogens (tertiary/aromatic N) is 6. The van der Waals surface area contributed by atoms with Gasteiger partial charge in [-0.25, -0.2) is 18.4 Å². The number of rotatable bonds is 11. The summed E-state index contributed by atoms with van der Waals surface area (Å²) in [5, 5.41) is 4.09. The van der Waals surface area contributed by atoms with Crippen molar-refractivity contribution in [2.45, 2.75) is 37.8 Å². The molecule has 1 saturated carbocycles. The summed E-state index contributed by atoms with van der Waals surface area (Å²) in [5.74, 6) is 2.46. The van der Waals surface area contributed by atoms with Gasteiger partial charge in [0.25, 0.3) is 0 Å². The summed E-state index contributed by atoms with van der Waals surface area (Å²) >= 11 is 0. The molecule has 13 nitrogen and oxygen atoms in total. The van der Waals surface area contributed by atoms with E-state index in [1.807, 2.05) is 20.2 Å². The van der Waals surface area contributed by atoms with Gasteiger partial charge in [-0.15, -0.1) is 0 Å². The average molecular weight is 587 g/mol. The average Bonchev–Trinajstić information content (AvgIpc) is 2.94. The summed E-state index contributed by atoms with van der Waals surface area (Å²) in [7, 11) is 0.549. The van der Waals surface area contributed by atoms with Crippen LogP contribution in [0.1, 0.15) is 25.7 Å². The molecule has 0 unspecified atom stereocenters. The standard InChI is InChI=1S/C27H38N8O5S/c1-34(2)8-13-39-22-17-29-27(30-18-22)31-19-4-6-21(7-5-19)40-26-23-14-20(33-41(3,36)37)16-28-24(23)15-25(32-26)35-9-11-38-12-10-35/h14-19,21,33H,4-13H2,1-3H3,(H,29,30,31)/t19-,21+. The molecule has 0 atom stereocenters. The zero-order chi connectivity index (χ0) is 28.8. The van der Waals surface area contributed by atoms with Gasteiger partial charge in [0.15, 0.2) is 5.75 Å². The quantitative estimate of drug-likeness (QED) is 0.340. The summed E-state index contributed by atoms with van der Waals surface area (Å²) in [4.78, 5) is 22.4. The number of ether oxygens (including phenoxy) is 3. The molecule has 0 aromatic carbocycles. The highest BCUT2D eigenvalue weighted by Gasteiger charge is 2.25. The molecular weight excluding hydrogens is 548 g/mol. The molecule has 14 heteroatoms. The third-order valence-electron chi connectivity index (χ3n) is 6.99. The monoisotopic (exact) mass is 586 g/mol. The number of nitrogens with one attached hydrogen (secondary N) is 2. The minimum atomic E-state index is -3.45. The Bertz CT molecular complexity index is 1410. The summed E-state index contributed by atoms with van der Waals surface area (Å²) in [6, 6.07) is 3.87. The third-order valence-corrected chi connectivity index (χ3v) is 7.60. The Hall–Kier alpha value is -3.49. The van der Waals surface area contributed by atoms with Crippen molar-refractivity contribution in [3.8, 4) is 11.6 Å². The van der Waals surface area contributed by atoms with Crippen LogP contribution in [0.15, 0.2) is 30.7 Å². The lowest BCUT2D eigenvalue weighted by atomic mass is 9.93. The summed E-state index contributed by atoms with van der Waals surface area (Å²) in [5.41, 5.74) is 1.06. The Morgan fingerprint density at radius 1 is 1.05 bits per heavy atom. The van der Waals surface area contributed by atoms with E-state index in [1.54, 1.807) is 18.5 Å². The van der Waals surface area contributed by atoms with Crippen molar-refractivity contribution in [1.29, 1.82) is 0 Å². The van der Waals surface area contributed by atoms with Crippen molar-refractivity contribution in [1.82, 2.24) is 24.8 Å². The first-order valence-corrected chi connectivity index (χ1v) is 15.7. The van der Waals surface area contributed by atoms with E-state index in [1.165, 1.54) is 6.20 Å². The molecule has 4 heterocycles. The van der Waals surface area contributed by atoms with Crippen LogP contribution in [-0.2, 0) is 14.8 Å². The van der Waals surface area contributed by atoms with E-state index in [-0.39, 0.29) is 12.1 Å². The molecule has 3 aromatic heterocycles. The molecule has 0 amide bonds. The van der Waals surface area contributed by atoms with Gasteiger partial charge in [0.05, 0.1) is 54.7 Å². The van der Waals surface area contributed by atoms with Crippen LogP contribution < -0.4 is 24.4 Å². The Morgan fingerprint density at radius 2 is 1.78 bits per heavy atom. The number of fused-ring (bicyclic) bond motifs is 1. The fourth-order valence-electron chi connectivity index (χ4n) is 4.87. The number of sulfonamides is 1. The van der Waals surface area contributed by atoms with Crippen molar-refractivity contribution in [2.24, 2.45) is 0 Å². The van der Waals surface area contributed by atoms with Crippen LogP contribution in [0.2, 0.25) is 0 Å². The molecule has 2 N–H and O–H groups in total. The number of aromatic nitrogens is 4. The minimum absolute atomic E-state index is 0.0383. The molecule has 0 bridgehead atoms. The van der Waals surface area contributed by atoms with E-state index in [9.17, 15) is 8.42 Å². The van der Waals surface area contributed by atoms with Gasteiger partial charge >= 0.3 is 0 Å². The van der Waals surface area contributed by atoms with E-state index >= 15 is 0 Å². The highest BCUT2D eigenvalue weighted by molar-refractivity contribution is 7.92. The van der Waals surface area contributed by atoms with Gasteiger partial charge in [0.1, 0.15) is 18.5 Å². The fraction of sp³-hybridized carbons (Fsp3) is 0.556. The van der Waals surface area contributed by atoms with E-state index < -0.39 is 10.0 Å². The van der Waals surface area contributed by atoms with Crippen LogP contribution in [0.4, 0.5) is 17.5 Å². The Kier molecular flexibility index (Phi) is 9.20. The van der Waals surface area contributed by atoms with Gasteiger partial charge < -0.3 is 29.3 Å². The molecule has 222 valence electrons. The van der Waals surface area contributed by atoms with Crippen molar-refractivity contribution in [3.63, 3.8) is 0 Å². The van der Waals surface area contributed by atoms with Crippen molar-refractivity contribution >= 4 is 38.4 Å². The molecule has 0 spiro atoms. The van der Waals surface area contributed by atoms with Gasteiger partial charge in [-0.05, 0) is 45.8 Å². The largest absolute Gasteiger partial charge is 0.489 e. The molecule has 1 aliphatic carbocycles. The first-order valence-electron chi connectivity index (χ1n) is 13.9. The van der Waals surface area contributed by atoms with Gasteiger partial charge in [-0.3, -0.25) is 9.71 Å². The van der Waals surface area contributed by atoms with Crippen molar-refractivity contribution < 1.29 is 22.6 Å². The van der Waals surface area contributed by atoms with Gasteiger partial charge in [-0.1, -0.05) is 0 Å². The smallest absolute Gasteiger partial charge is 0.229 e. The number of anilines is 3. The Balaban J connectivity index is 1.24. The molecule has 1 saturated heterocycles. The highest BCUT2D eigenvalue weighted by Crippen LogP contribution is 2.33.